The highest BCUT2D eigenvalue weighted by molar-refractivity contribution is 5.95. The van der Waals surface area contributed by atoms with Crippen LogP contribution in [0.25, 0.3) is 11.5 Å². The summed E-state index contributed by atoms with van der Waals surface area (Å²) in [6, 6.07) is 20.7. The summed E-state index contributed by atoms with van der Waals surface area (Å²) in [4.78, 5) is 33.4. The summed E-state index contributed by atoms with van der Waals surface area (Å²) in [7, 11) is 0. The molecule has 0 unspecified atom stereocenters. The van der Waals surface area contributed by atoms with Crippen LogP contribution in [0.5, 0.6) is 0 Å². The van der Waals surface area contributed by atoms with Crippen molar-refractivity contribution in [3.8, 4) is 11.5 Å². The zero-order valence-electron chi connectivity index (χ0n) is 19.0. The molecule has 2 N–H and O–H groups in total. The number of hydrogen-bond donors (Lipinski definition) is 2. The molecule has 0 aliphatic heterocycles. The zero-order valence-corrected chi connectivity index (χ0v) is 19.0. The molecule has 2 heterocycles. The first-order valence-corrected chi connectivity index (χ1v) is 11.1. The van der Waals surface area contributed by atoms with Gasteiger partial charge in [0.15, 0.2) is 0 Å². The summed E-state index contributed by atoms with van der Waals surface area (Å²) in [5.41, 5.74) is 3.96. The summed E-state index contributed by atoms with van der Waals surface area (Å²) in [6.07, 6.45) is 4.74. The molecule has 7 nitrogen and oxygen atoms in total. The molecule has 0 radical (unpaired) electrons. The molecule has 4 aromatic rings. The lowest BCUT2D eigenvalue weighted by molar-refractivity contribution is -0.121. The molecule has 0 saturated carbocycles. The van der Waals surface area contributed by atoms with Crippen LogP contribution < -0.4 is 10.6 Å². The number of rotatable bonds is 9. The number of aryl methyl sites for hydroxylation is 2. The number of benzene rings is 2. The largest absolute Gasteiger partial charge is 0.441 e. The second-order valence-electron chi connectivity index (χ2n) is 7.91. The average molecular weight is 455 g/mol. The number of amides is 2. The Kier molecular flexibility index (Phi) is 7.45. The number of hydrogen-bond acceptors (Lipinski definition) is 5. The Morgan fingerprint density at radius 2 is 1.62 bits per heavy atom. The summed E-state index contributed by atoms with van der Waals surface area (Å²) < 4.78 is 5.88. The maximum Gasteiger partial charge on any atom is 0.228 e. The molecule has 34 heavy (non-hydrogen) atoms. The minimum Gasteiger partial charge on any atom is -0.441 e. The Morgan fingerprint density at radius 1 is 0.882 bits per heavy atom. The van der Waals surface area contributed by atoms with Gasteiger partial charge in [-0.2, -0.15) is 0 Å². The van der Waals surface area contributed by atoms with Crippen LogP contribution in [0.1, 0.15) is 29.0 Å². The number of aromatic nitrogens is 2. The first-order valence-electron chi connectivity index (χ1n) is 11.1. The summed E-state index contributed by atoms with van der Waals surface area (Å²) in [6.45, 7) is 2.08. The van der Waals surface area contributed by atoms with Gasteiger partial charge in [0, 0.05) is 18.8 Å². The molecule has 0 atom stereocenters. The molecule has 2 amide bonds. The van der Waals surface area contributed by atoms with E-state index >= 15 is 0 Å². The Balaban J connectivity index is 1.38. The third-order valence-electron chi connectivity index (χ3n) is 5.37. The fourth-order valence-corrected chi connectivity index (χ4v) is 3.54. The van der Waals surface area contributed by atoms with Crippen LogP contribution in [0.3, 0.4) is 0 Å². The molecule has 0 saturated heterocycles. The number of anilines is 1. The maximum absolute atomic E-state index is 12.6. The van der Waals surface area contributed by atoms with Crippen molar-refractivity contribution in [1.82, 2.24) is 15.3 Å². The van der Waals surface area contributed by atoms with Crippen molar-refractivity contribution in [2.45, 2.75) is 32.7 Å². The summed E-state index contributed by atoms with van der Waals surface area (Å²) in [5.74, 6) is 0.835. The van der Waals surface area contributed by atoms with Crippen molar-refractivity contribution in [1.29, 1.82) is 0 Å². The quantitative estimate of drug-likeness (QED) is 0.389. The number of carbonyl (C=O) groups excluding carboxylic acids is 2. The lowest BCUT2D eigenvalue weighted by Gasteiger charge is -2.09. The van der Waals surface area contributed by atoms with Gasteiger partial charge in [-0.3, -0.25) is 14.6 Å². The molecule has 0 fully saturated rings. The Labute approximate surface area is 198 Å². The fraction of sp³-hybridized carbons (Fsp3) is 0.185. The fourth-order valence-electron chi connectivity index (χ4n) is 3.54. The number of para-hydroxylation sites is 1. The van der Waals surface area contributed by atoms with Gasteiger partial charge < -0.3 is 15.1 Å². The van der Waals surface area contributed by atoms with Gasteiger partial charge in [-0.05, 0) is 48.7 Å². The van der Waals surface area contributed by atoms with Crippen LogP contribution in [0.4, 0.5) is 5.69 Å². The van der Waals surface area contributed by atoms with E-state index < -0.39 is 0 Å². The van der Waals surface area contributed by atoms with E-state index in [1.54, 1.807) is 12.4 Å². The number of oxazole rings is 1. The van der Waals surface area contributed by atoms with E-state index in [-0.39, 0.29) is 24.8 Å². The third-order valence-corrected chi connectivity index (χ3v) is 5.37. The van der Waals surface area contributed by atoms with Gasteiger partial charge in [0.25, 0.3) is 0 Å². The van der Waals surface area contributed by atoms with Crippen molar-refractivity contribution in [3.05, 3.63) is 102 Å². The molecular weight excluding hydrogens is 428 g/mol. The second-order valence-corrected chi connectivity index (χ2v) is 7.91. The van der Waals surface area contributed by atoms with Gasteiger partial charge >= 0.3 is 0 Å². The molecule has 0 aliphatic carbocycles. The van der Waals surface area contributed by atoms with Crippen molar-refractivity contribution in [2.24, 2.45) is 0 Å². The van der Waals surface area contributed by atoms with Crippen LogP contribution >= 0.6 is 0 Å². The normalized spacial score (nSPS) is 10.6. The smallest absolute Gasteiger partial charge is 0.228 e. The predicted octanol–water partition coefficient (Wildman–Crippen LogP) is 4.48. The van der Waals surface area contributed by atoms with E-state index in [1.165, 1.54) is 0 Å². The number of nitrogens with one attached hydrogen (secondary N) is 2. The van der Waals surface area contributed by atoms with Gasteiger partial charge in [-0.15, -0.1) is 0 Å². The molecule has 2 aromatic heterocycles. The van der Waals surface area contributed by atoms with E-state index in [4.69, 9.17) is 4.42 Å². The highest BCUT2D eigenvalue weighted by Crippen LogP contribution is 2.29. The van der Waals surface area contributed by atoms with Gasteiger partial charge in [-0.1, -0.05) is 42.5 Å². The highest BCUT2D eigenvalue weighted by atomic mass is 16.4. The molecule has 172 valence electrons. The number of nitrogens with zero attached hydrogens (tertiary/aromatic N) is 2. The average Bonchev–Trinajstić information content (AvgIpc) is 3.23. The Morgan fingerprint density at radius 3 is 2.41 bits per heavy atom. The first-order chi connectivity index (χ1) is 16.6. The summed E-state index contributed by atoms with van der Waals surface area (Å²) >= 11 is 0. The molecule has 0 aliphatic rings. The van der Waals surface area contributed by atoms with Crippen molar-refractivity contribution >= 4 is 17.5 Å². The molecule has 0 bridgehead atoms. The first kappa shape index (κ1) is 22.9. The van der Waals surface area contributed by atoms with Crippen LogP contribution in [0.15, 0.2) is 83.5 Å². The van der Waals surface area contributed by atoms with Gasteiger partial charge in [0.2, 0.25) is 17.7 Å². The molecular formula is C27H26N4O3. The molecule has 4 rings (SSSR count). The number of pyridine rings is 1. The SMILES string of the molecule is Cc1oc(-c2ccccc2NC(=O)Cc2ccccc2)nc1CNC(=O)CCc1ccncc1. The Bertz CT molecular complexity index is 1250. The predicted molar refractivity (Wildman–Crippen MR) is 130 cm³/mol. The minimum atomic E-state index is -0.122. The highest BCUT2D eigenvalue weighted by Gasteiger charge is 2.16. The third kappa shape index (κ3) is 6.16. The lowest BCUT2D eigenvalue weighted by Crippen LogP contribution is -2.23. The van der Waals surface area contributed by atoms with Gasteiger partial charge in [0.05, 0.1) is 24.2 Å². The standard InChI is InChI=1S/C27H26N4O3/c1-19-24(18-29-25(32)12-11-20-13-15-28-16-14-20)31-27(34-19)22-9-5-6-10-23(22)30-26(33)17-21-7-3-2-4-8-21/h2-10,13-16H,11-12,17-18H2,1H3,(H,29,32)(H,30,33). The van der Waals surface area contributed by atoms with Crippen molar-refractivity contribution < 1.29 is 14.0 Å². The van der Waals surface area contributed by atoms with E-state index in [9.17, 15) is 9.59 Å². The van der Waals surface area contributed by atoms with Crippen molar-refractivity contribution in [3.63, 3.8) is 0 Å². The molecule has 0 spiro atoms. The maximum atomic E-state index is 12.6. The molecule has 2 aromatic carbocycles. The number of carbonyl (C=O) groups is 2. The second kappa shape index (κ2) is 11.0. The van der Waals surface area contributed by atoms with E-state index in [2.05, 4.69) is 20.6 Å². The van der Waals surface area contributed by atoms with Crippen LogP contribution in [0, 0.1) is 6.92 Å². The van der Waals surface area contributed by atoms with Gasteiger partial charge in [0.1, 0.15) is 11.5 Å². The van der Waals surface area contributed by atoms with E-state index in [1.807, 2.05) is 73.7 Å². The molecule has 7 heteroatoms. The lowest BCUT2D eigenvalue weighted by atomic mass is 10.1. The monoisotopic (exact) mass is 454 g/mol. The van der Waals surface area contributed by atoms with Gasteiger partial charge in [-0.25, -0.2) is 4.98 Å². The van der Waals surface area contributed by atoms with E-state index in [0.717, 1.165) is 11.1 Å². The topological polar surface area (TPSA) is 97.1 Å². The Hall–Kier alpha value is -4.26. The van der Waals surface area contributed by atoms with Crippen LogP contribution in [0.2, 0.25) is 0 Å². The van der Waals surface area contributed by atoms with E-state index in [0.29, 0.717) is 41.4 Å². The zero-order chi connectivity index (χ0) is 23.8. The van der Waals surface area contributed by atoms with Crippen LogP contribution in [-0.4, -0.2) is 21.8 Å². The minimum absolute atomic E-state index is 0.0608. The van der Waals surface area contributed by atoms with Crippen LogP contribution in [-0.2, 0) is 29.0 Å². The van der Waals surface area contributed by atoms with Crippen molar-refractivity contribution in [2.75, 3.05) is 5.32 Å². The summed E-state index contributed by atoms with van der Waals surface area (Å²) in [5, 5.41) is 5.86.